The topological polar surface area (TPSA) is 18.5 Å². The van der Waals surface area contributed by atoms with Crippen molar-refractivity contribution >= 4 is 0 Å². The number of likely N-dealkylation sites (N-methyl/N-ethyl adjacent to an activating group) is 1. The van der Waals surface area contributed by atoms with Crippen molar-refractivity contribution in [1.82, 2.24) is 0 Å². The van der Waals surface area contributed by atoms with Gasteiger partial charge < -0.3 is 14.0 Å². The first-order chi connectivity index (χ1) is 10.1. The highest BCUT2D eigenvalue weighted by molar-refractivity contribution is 4.81. The lowest BCUT2D eigenvalue weighted by atomic mass is 9.93. The number of hydrogen-bond donors (Lipinski definition) is 0. The van der Waals surface area contributed by atoms with Crippen molar-refractivity contribution in [3.63, 3.8) is 0 Å². The first-order valence-corrected chi connectivity index (χ1v) is 9.33. The number of quaternary nitrogens is 1. The average Bonchev–Trinajstić information content (AvgIpc) is 2.01. The highest BCUT2D eigenvalue weighted by Gasteiger charge is 2.46. The Morgan fingerprint density at radius 2 is 0.792 bits per heavy atom. The molecule has 0 aromatic rings. The van der Waals surface area contributed by atoms with Gasteiger partial charge in [0.1, 0.15) is 24.3 Å². The minimum absolute atomic E-state index is 0.0943. The molecular formula is C21H46NO2+. The third-order valence-corrected chi connectivity index (χ3v) is 4.24. The lowest BCUT2D eigenvalue weighted by Gasteiger charge is -2.53. The van der Waals surface area contributed by atoms with Crippen LogP contribution in [0.1, 0.15) is 90.0 Å². The van der Waals surface area contributed by atoms with Gasteiger partial charge in [0.2, 0.25) is 0 Å². The number of rotatable bonds is 6. The van der Waals surface area contributed by atoms with Crippen LogP contribution in [0.5, 0.6) is 0 Å². The molecule has 0 aromatic carbocycles. The van der Waals surface area contributed by atoms with Crippen LogP contribution in [0.4, 0.5) is 0 Å². The molecule has 0 aliphatic heterocycles. The van der Waals surface area contributed by atoms with Gasteiger partial charge in [0, 0.05) is 0 Å². The van der Waals surface area contributed by atoms with Gasteiger partial charge in [-0.3, -0.25) is 0 Å². The van der Waals surface area contributed by atoms with Crippen LogP contribution in [-0.4, -0.2) is 52.6 Å². The molecule has 0 N–H and O–H groups in total. The van der Waals surface area contributed by atoms with Gasteiger partial charge >= 0.3 is 0 Å². The molecule has 0 spiro atoms. The van der Waals surface area contributed by atoms with E-state index in [0.717, 1.165) is 17.6 Å². The van der Waals surface area contributed by atoms with Crippen LogP contribution in [-0.2, 0) is 9.47 Å². The zero-order chi connectivity index (χ0) is 19.8. The van der Waals surface area contributed by atoms with Crippen molar-refractivity contribution in [2.75, 3.05) is 20.1 Å². The van der Waals surface area contributed by atoms with E-state index in [0.29, 0.717) is 0 Å². The third kappa shape index (κ3) is 8.82. The van der Waals surface area contributed by atoms with Crippen molar-refractivity contribution in [2.24, 2.45) is 0 Å². The van der Waals surface area contributed by atoms with Gasteiger partial charge in [-0.05, 0) is 90.0 Å². The van der Waals surface area contributed by atoms with Crippen LogP contribution in [0.2, 0.25) is 0 Å². The second kappa shape index (κ2) is 6.89. The molecule has 0 bridgehead atoms. The molecule has 0 saturated carbocycles. The number of hydrogen-bond acceptors (Lipinski definition) is 2. The van der Waals surface area contributed by atoms with E-state index in [-0.39, 0.29) is 27.9 Å². The molecule has 0 unspecified atom stereocenters. The number of nitrogens with zero attached hydrogens (tertiary/aromatic N) is 1. The molecule has 0 saturated heterocycles. The Kier molecular flexibility index (Phi) is 6.85. The molecule has 0 amide bonds. The molecule has 24 heavy (non-hydrogen) atoms. The molecule has 146 valence electrons. The van der Waals surface area contributed by atoms with Crippen molar-refractivity contribution in [3.05, 3.63) is 0 Å². The first-order valence-electron chi connectivity index (χ1n) is 9.33. The van der Waals surface area contributed by atoms with Crippen LogP contribution < -0.4 is 0 Å². The lowest BCUT2D eigenvalue weighted by Crippen LogP contribution is -2.67. The molecule has 0 heterocycles. The molecule has 0 atom stereocenters. The van der Waals surface area contributed by atoms with Crippen LogP contribution in [0.15, 0.2) is 0 Å². The SMILES string of the molecule is CC(C)(C)OC(C)(C)C[N+](C)(CC(C)(C)OC(C)(C)C)C(C)(C)C. The minimum atomic E-state index is -0.210. The number of ether oxygens (including phenoxy) is 2. The van der Waals surface area contributed by atoms with E-state index in [1.54, 1.807) is 0 Å². The predicted octanol–water partition coefficient (Wildman–Crippen LogP) is 5.42. The van der Waals surface area contributed by atoms with Gasteiger partial charge in [0.15, 0.2) is 0 Å². The second-order valence-corrected chi connectivity index (χ2v) is 11.8. The van der Waals surface area contributed by atoms with Gasteiger partial charge in [0.25, 0.3) is 0 Å². The minimum Gasteiger partial charge on any atom is -0.364 e. The maximum Gasteiger partial charge on any atom is 0.112 e. The predicted molar refractivity (Wildman–Crippen MR) is 106 cm³/mol. The van der Waals surface area contributed by atoms with Gasteiger partial charge in [-0.2, -0.15) is 0 Å². The lowest BCUT2D eigenvalue weighted by molar-refractivity contribution is -0.963. The van der Waals surface area contributed by atoms with Crippen molar-refractivity contribution in [2.45, 2.75) is 118 Å². The Morgan fingerprint density at radius 3 is 0.958 bits per heavy atom. The largest absolute Gasteiger partial charge is 0.364 e. The van der Waals surface area contributed by atoms with Crippen LogP contribution in [0, 0.1) is 0 Å². The molecular weight excluding hydrogens is 298 g/mol. The highest BCUT2D eigenvalue weighted by Crippen LogP contribution is 2.33. The zero-order valence-corrected chi connectivity index (χ0v) is 19.2. The second-order valence-electron chi connectivity index (χ2n) is 11.8. The molecule has 0 aromatic heterocycles. The van der Waals surface area contributed by atoms with Crippen molar-refractivity contribution in [3.8, 4) is 0 Å². The van der Waals surface area contributed by atoms with Gasteiger partial charge in [-0.15, -0.1) is 0 Å². The smallest absolute Gasteiger partial charge is 0.112 e. The van der Waals surface area contributed by atoms with Crippen LogP contribution in [0.25, 0.3) is 0 Å². The quantitative estimate of drug-likeness (QED) is 0.599. The fourth-order valence-electron chi connectivity index (χ4n) is 3.93. The van der Waals surface area contributed by atoms with Crippen LogP contribution in [0.3, 0.4) is 0 Å². The standard InChI is InChI=1S/C21H46NO2/c1-17(2,3)22(14,15-20(10,11)23-18(4,5)6)16-21(12,13)24-19(7,8)9/h15-16H2,1-14H3/q+1. The molecule has 3 heteroatoms. The van der Waals surface area contributed by atoms with Crippen LogP contribution >= 0.6 is 0 Å². The Morgan fingerprint density at radius 1 is 0.542 bits per heavy atom. The maximum atomic E-state index is 6.37. The van der Waals surface area contributed by atoms with Gasteiger partial charge in [-0.1, -0.05) is 0 Å². The van der Waals surface area contributed by atoms with E-state index < -0.39 is 0 Å². The van der Waals surface area contributed by atoms with Crippen molar-refractivity contribution in [1.29, 1.82) is 0 Å². The Labute approximate surface area is 152 Å². The summed E-state index contributed by atoms with van der Waals surface area (Å²) in [6.07, 6.45) is 0. The maximum absolute atomic E-state index is 6.37. The molecule has 0 radical (unpaired) electrons. The fourth-order valence-corrected chi connectivity index (χ4v) is 3.93. The fraction of sp³-hybridized carbons (Fsp3) is 1.00. The molecule has 0 aliphatic rings. The summed E-state index contributed by atoms with van der Waals surface area (Å²) in [5, 5.41) is 0. The first kappa shape index (κ1) is 23.9. The Balaban J connectivity index is 5.53. The van der Waals surface area contributed by atoms with Crippen molar-refractivity contribution < 1.29 is 14.0 Å². The van der Waals surface area contributed by atoms with Gasteiger partial charge in [0.05, 0.1) is 23.8 Å². The summed E-state index contributed by atoms with van der Waals surface area (Å²) in [5.41, 5.74) is -0.625. The van der Waals surface area contributed by atoms with Gasteiger partial charge in [-0.25, -0.2) is 0 Å². The van der Waals surface area contributed by atoms with E-state index in [2.05, 4.69) is 97.1 Å². The van der Waals surface area contributed by atoms with E-state index in [1.165, 1.54) is 0 Å². The summed E-state index contributed by atoms with van der Waals surface area (Å²) in [6.45, 7) is 30.4. The summed E-state index contributed by atoms with van der Waals surface area (Å²) in [5.74, 6) is 0. The van der Waals surface area contributed by atoms with E-state index in [4.69, 9.17) is 9.47 Å². The molecule has 0 fully saturated rings. The molecule has 3 nitrogen and oxygen atoms in total. The summed E-state index contributed by atoms with van der Waals surface area (Å²) in [7, 11) is 2.33. The zero-order valence-electron chi connectivity index (χ0n) is 19.2. The Bertz CT molecular complexity index is 373. The van der Waals surface area contributed by atoms with E-state index in [9.17, 15) is 0 Å². The van der Waals surface area contributed by atoms with E-state index >= 15 is 0 Å². The summed E-state index contributed by atoms with van der Waals surface area (Å²) >= 11 is 0. The third-order valence-electron chi connectivity index (χ3n) is 4.24. The van der Waals surface area contributed by atoms with E-state index in [1.807, 2.05) is 0 Å². The average molecular weight is 345 g/mol. The Hall–Kier alpha value is -0.120. The summed E-state index contributed by atoms with van der Waals surface area (Å²) in [6, 6.07) is 0. The molecule has 0 aliphatic carbocycles. The highest BCUT2D eigenvalue weighted by atomic mass is 16.5. The monoisotopic (exact) mass is 344 g/mol. The summed E-state index contributed by atoms with van der Waals surface area (Å²) < 4.78 is 13.6. The normalized spacial score (nSPS) is 15.8. The molecule has 0 rings (SSSR count). The summed E-state index contributed by atoms with van der Waals surface area (Å²) in [4.78, 5) is 0.